The molecule has 0 spiro atoms. The third-order valence-corrected chi connectivity index (χ3v) is 0.455. The number of hydrogen-bond donors (Lipinski definition) is 0. The number of halogens is 7. The van der Waals surface area contributed by atoms with E-state index < -0.39 is 12.1 Å². The normalized spacial score (nSPS) is 7.73. The lowest BCUT2D eigenvalue weighted by Gasteiger charge is -1.94. The fourth-order valence-electron chi connectivity index (χ4n) is 0. The summed E-state index contributed by atoms with van der Waals surface area (Å²) in [4.78, 5) is 0. The van der Waals surface area contributed by atoms with Crippen molar-refractivity contribution in [2.45, 2.75) is 6.18 Å². The Labute approximate surface area is 79.4 Å². The van der Waals surface area contributed by atoms with Crippen LogP contribution in [0.5, 0.6) is 0 Å². The van der Waals surface area contributed by atoms with Crippen LogP contribution in [-0.4, -0.2) is 12.1 Å². The quantitative estimate of drug-likeness (QED) is 0.445. The van der Waals surface area contributed by atoms with Gasteiger partial charge in [0.2, 0.25) is 0 Å². The van der Waals surface area contributed by atoms with Crippen LogP contribution in [0.3, 0.4) is 0 Å². The van der Waals surface area contributed by atoms with Crippen LogP contribution in [-0.2, 0) is 0 Å². The van der Waals surface area contributed by atoms with Crippen LogP contribution in [0.15, 0.2) is 12.9 Å². The summed E-state index contributed by atoms with van der Waals surface area (Å²) in [7, 11) is 0. The van der Waals surface area contributed by atoms with Gasteiger partial charge in [0.25, 0.3) is 0 Å². The second-order valence-electron chi connectivity index (χ2n) is 0.903. The first-order valence-electron chi connectivity index (χ1n) is 1.81. The minimum absolute atomic E-state index is 0. The van der Waals surface area contributed by atoms with Gasteiger partial charge in [-0.05, 0) is 0 Å². The summed E-state index contributed by atoms with van der Waals surface area (Å²) in [5.74, 6) is -1.26. The molecular formula is C4H7Cl3F4. The summed E-state index contributed by atoms with van der Waals surface area (Å²) in [6.45, 7) is 2.69. The van der Waals surface area contributed by atoms with E-state index in [0.29, 0.717) is 0 Å². The molecule has 0 N–H and O–H groups in total. The molecule has 0 fully saturated rings. The first kappa shape index (κ1) is 22.5. The lowest BCUT2D eigenvalue weighted by Crippen LogP contribution is -2.07. The Kier molecular flexibility index (Phi) is 26.5. The van der Waals surface area contributed by atoms with E-state index in [1.807, 2.05) is 0 Å². The summed E-state index contributed by atoms with van der Waals surface area (Å²) in [6.07, 6.45) is -3.94. The molecule has 0 aliphatic rings. The maximum Gasteiger partial charge on any atom is 0.402 e. The van der Waals surface area contributed by atoms with Gasteiger partial charge in [-0.3, -0.25) is 0 Å². The van der Waals surface area contributed by atoms with Crippen molar-refractivity contribution in [3.63, 3.8) is 0 Å². The summed E-state index contributed by atoms with van der Waals surface area (Å²) < 4.78 is 42.0. The molecule has 0 rings (SSSR count). The monoisotopic (exact) mass is 236 g/mol. The Morgan fingerprint density at radius 1 is 1.27 bits per heavy atom. The Hall–Kier alpha value is 0.330. The molecule has 7 heteroatoms. The second kappa shape index (κ2) is 13.0. The minimum atomic E-state index is -4.19. The summed E-state index contributed by atoms with van der Waals surface area (Å²) in [5, 5.41) is 0. The van der Waals surface area contributed by atoms with Crippen LogP contribution >= 0.6 is 36.4 Å². The SMILES string of the molecule is C=CF.Cl.Cl.FC(F)(F)CCl. The van der Waals surface area contributed by atoms with Gasteiger partial charge in [0, 0.05) is 0 Å². The second-order valence-corrected chi connectivity index (χ2v) is 1.17. The molecule has 0 bridgehead atoms. The topological polar surface area (TPSA) is 0 Å². The zero-order chi connectivity index (χ0) is 7.91. The summed E-state index contributed by atoms with van der Waals surface area (Å²) in [6, 6.07) is 0. The fraction of sp³-hybridized carbons (Fsp3) is 0.500. The Morgan fingerprint density at radius 2 is 1.36 bits per heavy atom. The van der Waals surface area contributed by atoms with Crippen molar-refractivity contribution in [1.82, 2.24) is 0 Å². The van der Waals surface area contributed by atoms with Crippen LogP contribution in [0.2, 0.25) is 0 Å². The van der Waals surface area contributed by atoms with E-state index >= 15 is 0 Å². The predicted molar refractivity (Wildman–Crippen MR) is 42.6 cm³/mol. The van der Waals surface area contributed by atoms with Gasteiger partial charge < -0.3 is 0 Å². The van der Waals surface area contributed by atoms with Gasteiger partial charge in [0.05, 0.1) is 6.33 Å². The Bertz CT molecular complexity index is 72.2. The molecule has 0 radical (unpaired) electrons. The largest absolute Gasteiger partial charge is 0.402 e. The first-order chi connectivity index (χ1) is 3.97. The van der Waals surface area contributed by atoms with Gasteiger partial charge in [-0.1, -0.05) is 6.58 Å². The fourth-order valence-corrected chi connectivity index (χ4v) is 0. The number of hydrogen-bond acceptors (Lipinski definition) is 0. The molecule has 0 aliphatic carbocycles. The maximum atomic E-state index is 10.7. The molecule has 0 unspecified atom stereocenters. The molecule has 0 saturated carbocycles. The first-order valence-corrected chi connectivity index (χ1v) is 2.35. The van der Waals surface area contributed by atoms with Gasteiger partial charge in [0.1, 0.15) is 5.88 Å². The molecule has 0 saturated heterocycles. The van der Waals surface area contributed by atoms with Crippen molar-refractivity contribution in [2.75, 3.05) is 5.88 Å². The van der Waals surface area contributed by atoms with Crippen LogP contribution in [0.4, 0.5) is 17.6 Å². The van der Waals surface area contributed by atoms with Gasteiger partial charge in [-0.2, -0.15) is 13.2 Å². The highest BCUT2D eigenvalue weighted by molar-refractivity contribution is 6.18. The molecule has 0 heterocycles. The highest BCUT2D eigenvalue weighted by Gasteiger charge is 2.24. The zero-order valence-electron chi connectivity index (χ0n) is 5.20. The van der Waals surface area contributed by atoms with E-state index in [9.17, 15) is 17.6 Å². The van der Waals surface area contributed by atoms with Gasteiger partial charge >= 0.3 is 6.18 Å². The van der Waals surface area contributed by atoms with E-state index in [-0.39, 0.29) is 31.1 Å². The van der Waals surface area contributed by atoms with Crippen LogP contribution in [0.25, 0.3) is 0 Å². The lowest BCUT2D eigenvalue weighted by molar-refractivity contribution is -0.106. The number of alkyl halides is 4. The minimum Gasteiger partial charge on any atom is -0.216 e. The average Bonchev–Trinajstić information content (AvgIpc) is 1.67. The van der Waals surface area contributed by atoms with Crippen molar-refractivity contribution < 1.29 is 17.6 Å². The molecule has 0 atom stereocenters. The lowest BCUT2D eigenvalue weighted by atomic mass is 10.8. The van der Waals surface area contributed by atoms with E-state index in [4.69, 9.17) is 0 Å². The molecule has 0 aromatic rings. The highest BCUT2D eigenvalue weighted by atomic mass is 35.5. The Balaban J connectivity index is -0.0000000437. The molecule has 11 heavy (non-hydrogen) atoms. The van der Waals surface area contributed by atoms with E-state index in [1.165, 1.54) is 0 Å². The molecule has 0 aromatic carbocycles. The van der Waals surface area contributed by atoms with E-state index in [1.54, 1.807) is 0 Å². The van der Waals surface area contributed by atoms with Gasteiger partial charge in [-0.15, -0.1) is 36.4 Å². The maximum absolute atomic E-state index is 10.7. The van der Waals surface area contributed by atoms with Crippen LogP contribution in [0.1, 0.15) is 0 Å². The molecule has 0 aliphatic heterocycles. The molecule has 0 aromatic heterocycles. The zero-order valence-corrected chi connectivity index (χ0v) is 7.59. The van der Waals surface area contributed by atoms with Gasteiger partial charge in [-0.25, -0.2) is 4.39 Å². The van der Waals surface area contributed by atoms with Crippen LogP contribution < -0.4 is 0 Å². The molecule has 0 amide bonds. The summed E-state index contributed by atoms with van der Waals surface area (Å²) in [5.41, 5.74) is 0. The average molecular weight is 237 g/mol. The van der Waals surface area contributed by atoms with Crippen molar-refractivity contribution in [2.24, 2.45) is 0 Å². The molecule has 0 nitrogen and oxygen atoms in total. The smallest absolute Gasteiger partial charge is 0.216 e. The number of rotatable bonds is 0. The van der Waals surface area contributed by atoms with E-state index in [2.05, 4.69) is 18.2 Å². The molecule has 72 valence electrons. The van der Waals surface area contributed by atoms with E-state index in [0.717, 1.165) is 0 Å². The third-order valence-electron chi connectivity index (χ3n) is 0.152. The Morgan fingerprint density at radius 3 is 1.36 bits per heavy atom. The molecular weight excluding hydrogens is 230 g/mol. The van der Waals surface area contributed by atoms with Crippen molar-refractivity contribution in [3.8, 4) is 0 Å². The van der Waals surface area contributed by atoms with Crippen molar-refractivity contribution >= 4 is 36.4 Å². The summed E-state index contributed by atoms with van der Waals surface area (Å²) >= 11 is 4.35. The standard InChI is InChI=1S/C2H2ClF3.C2H3F.2ClH/c3-1-2(4,5)6;1-2-3;;/h1H2;2H,1H2;2*1H. The third kappa shape index (κ3) is 64.6. The highest BCUT2D eigenvalue weighted by Crippen LogP contribution is 2.14. The van der Waals surface area contributed by atoms with Crippen LogP contribution in [0, 0.1) is 0 Å². The predicted octanol–water partition coefficient (Wildman–Crippen LogP) is 3.73. The van der Waals surface area contributed by atoms with Crippen molar-refractivity contribution in [1.29, 1.82) is 0 Å². The van der Waals surface area contributed by atoms with Gasteiger partial charge in [0.15, 0.2) is 0 Å². The van der Waals surface area contributed by atoms with Crippen molar-refractivity contribution in [3.05, 3.63) is 12.9 Å².